The Balaban J connectivity index is 1.21. The number of carbonyl (C=O) groups excluding carboxylic acids is 3. The van der Waals surface area contributed by atoms with E-state index >= 15 is 0 Å². The molecule has 40 heavy (non-hydrogen) atoms. The van der Waals surface area contributed by atoms with Gasteiger partial charge in [-0.2, -0.15) is 0 Å². The van der Waals surface area contributed by atoms with Crippen LogP contribution in [0, 0.1) is 0 Å². The van der Waals surface area contributed by atoms with Gasteiger partial charge < -0.3 is 39.4 Å². The Morgan fingerprint density at radius 1 is 1.02 bits per heavy atom. The van der Waals surface area contributed by atoms with Crippen molar-refractivity contribution in [2.75, 3.05) is 52.9 Å². The fraction of sp³-hybridized carbons (Fsp3) is 0.483. The lowest BCUT2D eigenvalue weighted by atomic mass is 9.94. The summed E-state index contributed by atoms with van der Waals surface area (Å²) in [6.07, 6.45) is 1.96. The van der Waals surface area contributed by atoms with Gasteiger partial charge in [0.15, 0.2) is 11.5 Å². The molecule has 0 unspecified atom stereocenters. The van der Waals surface area contributed by atoms with E-state index in [2.05, 4.69) is 15.5 Å². The second kappa shape index (κ2) is 12.1. The highest BCUT2D eigenvalue weighted by Crippen LogP contribution is 2.34. The molecule has 2 N–H and O–H groups in total. The molecule has 11 heteroatoms. The maximum absolute atomic E-state index is 13.5. The predicted molar refractivity (Wildman–Crippen MR) is 147 cm³/mol. The quantitative estimate of drug-likeness (QED) is 0.480. The van der Waals surface area contributed by atoms with E-state index in [1.807, 2.05) is 14.1 Å². The van der Waals surface area contributed by atoms with Gasteiger partial charge in [0.25, 0.3) is 11.8 Å². The van der Waals surface area contributed by atoms with Gasteiger partial charge in [0.1, 0.15) is 18.5 Å². The van der Waals surface area contributed by atoms with Crippen LogP contribution in [-0.4, -0.2) is 93.4 Å². The molecular formula is C29H36N4O7. The zero-order valence-electron chi connectivity index (χ0n) is 23.1. The van der Waals surface area contributed by atoms with Crippen molar-refractivity contribution in [3.8, 4) is 17.2 Å². The lowest BCUT2D eigenvalue weighted by Gasteiger charge is -2.42. The summed E-state index contributed by atoms with van der Waals surface area (Å²) in [6.45, 7) is 1.92. The molecule has 3 heterocycles. The third-order valence-electron chi connectivity index (χ3n) is 7.42. The number of nitrogens with zero attached hydrogens (tertiary/aromatic N) is 2. The number of anilines is 1. The Bertz CT molecular complexity index is 1270. The van der Waals surface area contributed by atoms with Gasteiger partial charge in [0.2, 0.25) is 12.7 Å². The van der Waals surface area contributed by atoms with Crippen molar-refractivity contribution in [2.45, 2.75) is 43.9 Å². The molecule has 3 amide bonds. The van der Waals surface area contributed by atoms with Crippen molar-refractivity contribution in [2.24, 2.45) is 0 Å². The minimum Gasteiger partial charge on any atom is -0.490 e. The van der Waals surface area contributed by atoms with Gasteiger partial charge in [0, 0.05) is 24.8 Å². The Morgan fingerprint density at radius 2 is 1.82 bits per heavy atom. The predicted octanol–water partition coefficient (Wildman–Crippen LogP) is 2.51. The van der Waals surface area contributed by atoms with Crippen LogP contribution in [-0.2, 0) is 9.53 Å². The van der Waals surface area contributed by atoms with E-state index in [4.69, 9.17) is 18.9 Å². The molecular weight excluding hydrogens is 516 g/mol. The first-order valence-corrected chi connectivity index (χ1v) is 13.6. The van der Waals surface area contributed by atoms with Crippen LogP contribution in [0.1, 0.15) is 46.4 Å². The Morgan fingerprint density at radius 3 is 2.65 bits per heavy atom. The Labute approximate surface area is 233 Å². The van der Waals surface area contributed by atoms with Crippen LogP contribution in [0.25, 0.3) is 0 Å². The molecule has 0 spiro atoms. The largest absolute Gasteiger partial charge is 0.490 e. The zero-order valence-corrected chi connectivity index (χ0v) is 23.1. The van der Waals surface area contributed by atoms with Crippen molar-refractivity contribution in [1.29, 1.82) is 0 Å². The van der Waals surface area contributed by atoms with Crippen molar-refractivity contribution in [3.05, 3.63) is 47.5 Å². The smallest absolute Gasteiger partial charge is 0.257 e. The second-order valence-corrected chi connectivity index (χ2v) is 10.6. The van der Waals surface area contributed by atoms with E-state index in [1.165, 1.54) is 0 Å². The van der Waals surface area contributed by atoms with Gasteiger partial charge in [-0.15, -0.1) is 0 Å². The van der Waals surface area contributed by atoms with Gasteiger partial charge >= 0.3 is 0 Å². The molecule has 0 saturated carbocycles. The molecule has 1 fully saturated rings. The minimum absolute atomic E-state index is 0.0286. The lowest BCUT2D eigenvalue weighted by Crippen LogP contribution is -2.54. The van der Waals surface area contributed by atoms with Gasteiger partial charge in [-0.25, -0.2) is 0 Å². The van der Waals surface area contributed by atoms with Crippen molar-refractivity contribution in [3.63, 3.8) is 0 Å². The van der Waals surface area contributed by atoms with Crippen molar-refractivity contribution in [1.82, 2.24) is 15.1 Å². The maximum atomic E-state index is 13.5. The van der Waals surface area contributed by atoms with Crippen LogP contribution >= 0.6 is 0 Å². The summed E-state index contributed by atoms with van der Waals surface area (Å²) < 4.78 is 23.0. The van der Waals surface area contributed by atoms with Crippen LogP contribution in [0.15, 0.2) is 36.4 Å². The average Bonchev–Trinajstić information content (AvgIpc) is 3.41. The number of likely N-dealkylation sites (N-methyl/N-ethyl adjacent to an activating group) is 1. The number of nitrogens with one attached hydrogen (secondary N) is 2. The number of fused-ring (bicyclic) bond motifs is 3. The number of hydrogen-bond acceptors (Lipinski definition) is 8. The molecule has 3 aliphatic rings. The highest BCUT2D eigenvalue weighted by atomic mass is 16.7. The number of benzene rings is 2. The normalized spacial score (nSPS) is 21.6. The molecule has 0 aliphatic carbocycles. The van der Waals surface area contributed by atoms with E-state index < -0.39 is 0 Å². The summed E-state index contributed by atoms with van der Waals surface area (Å²) in [6, 6.07) is 9.79. The van der Waals surface area contributed by atoms with Gasteiger partial charge in [-0.05, 0) is 76.3 Å². The number of rotatable bonds is 8. The monoisotopic (exact) mass is 552 g/mol. The molecule has 214 valence electrons. The summed E-state index contributed by atoms with van der Waals surface area (Å²) in [4.78, 5) is 42.6. The molecule has 0 aromatic heterocycles. The molecule has 3 atom stereocenters. The van der Waals surface area contributed by atoms with Crippen LogP contribution in [0.2, 0.25) is 0 Å². The van der Waals surface area contributed by atoms with Crippen molar-refractivity contribution < 1.29 is 33.3 Å². The highest BCUT2D eigenvalue weighted by molar-refractivity contribution is 6.06. The van der Waals surface area contributed by atoms with Crippen LogP contribution in [0.3, 0.4) is 0 Å². The molecule has 3 aliphatic heterocycles. The van der Waals surface area contributed by atoms with E-state index in [0.29, 0.717) is 53.4 Å². The third-order valence-corrected chi connectivity index (χ3v) is 7.42. The fourth-order valence-corrected chi connectivity index (χ4v) is 5.25. The molecule has 0 radical (unpaired) electrons. The molecule has 2 aromatic rings. The number of carbonyl (C=O) groups is 3. The summed E-state index contributed by atoms with van der Waals surface area (Å²) in [5.74, 6) is 0.950. The van der Waals surface area contributed by atoms with Gasteiger partial charge in [-0.1, -0.05) is 0 Å². The first kappa shape index (κ1) is 27.7. The van der Waals surface area contributed by atoms with Gasteiger partial charge in [0.05, 0.1) is 24.1 Å². The first-order valence-electron chi connectivity index (χ1n) is 13.6. The standard InChI is InChI=1S/C29H36N4O7/c1-32(2)12-4-11-30-27(34)15-20-7-8-22-26(40-20)16-37-23-10-6-19(14-21(23)29(36)33(22)3)31-28(35)18-5-9-24-25(13-18)39-17-38-24/h5-6,9-10,13-14,20,22,26H,4,7-8,11-12,15-17H2,1-3H3,(H,30,34)(H,31,35)/t20-,22-,26+/m0/s1. The van der Waals surface area contributed by atoms with Gasteiger partial charge in [-0.3, -0.25) is 14.4 Å². The summed E-state index contributed by atoms with van der Waals surface area (Å²) in [5, 5.41) is 5.81. The molecule has 2 aromatic carbocycles. The minimum atomic E-state index is -0.354. The molecule has 0 bridgehead atoms. The van der Waals surface area contributed by atoms with E-state index in [9.17, 15) is 14.4 Å². The maximum Gasteiger partial charge on any atom is 0.257 e. The molecule has 11 nitrogen and oxygen atoms in total. The highest BCUT2D eigenvalue weighted by Gasteiger charge is 2.39. The van der Waals surface area contributed by atoms with E-state index in [1.54, 1.807) is 48.3 Å². The number of hydrogen-bond donors (Lipinski definition) is 2. The number of amides is 3. The Hall–Kier alpha value is -3.83. The van der Waals surface area contributed by atoms with Crippen LogP contribution < -0.4 is 24.8 Å². The van der Waals surface area contributed by atoms with Crippen LogP contribution in [0.4, 0.5) is 5.69 Å². The second-order valence-electron chi connectivity index (χ2n) is 10.6. The molecule has 5 rings (SSSR count). The van der Waals surface area contributed by atoms with E-state index in [0.717, 1.165) is 13.0 Å². The zero-order chi connectivity index (χ0) is 28.2. The summed E-state index contributed by atoms with van der Waals surface area (Å²) >= 11 is 0. The van der Waals surface area contributed by atoms with E-state index in [-0.39, 0.29) is 55.8 Å². The topological polar surface area (TPSA) is 119 Å². The Kier molecular flexibility index (Phi) is 8.41. The van der Waals surface area contributed by atoms with Crippen LogP contribution in [0.5, 0.6) is 17.2 Å². The third kappa shape index (κ3) is 6.31. The molecule has 1 saturated heterocycles. The summed E-state index contributed by atoms with van der Waals surface area (Å²) in [5.41, 5.74) is 1.25. The SMILES string of the molecule is CN(C)CCCNC(=O)C[C@@H]1CC[C@H]2[C@@H](COc3ccc(NC(=O)c4ccc5c(c4)OCO5)cc3C(=O)N2C)O1. The summed E-state index contributed by atoms with van der Waals surface area (Å²) in [7, 11) is 5.77. The lowest BCUT2D eigenvalue weighted by molar-refractivity contribution is -0.134. The average molecular weight is 553 g/mol. The number of ether oxygens (including phenoxy) is 4. The fourth-order valence-electron chi connectivity index (χ4n) is 5.25. The van der Waals surface area contributed by atoms with Crippen molar-refractivity contribution >= 4 is 23.4 Å². The first-order chi connectivity index (χ1) is 19.3.